The first-order valence-electron chi connectivity index (χ1n) is 6.18. The molecule has 0 bridgehead atoms. The molecule has 0 amide bonds. The zero-order valence-corrected chi connectivity index (χ0v) is 10.8. The zero-order valence-electron chi connectivity index (χ0n) is 10.8. The largest absolute Gasteiger partial charge is 0.465 e. The Balaban J connectivity index is 1.97. The van der Waals surface area contributed by atoms with E-state index >= 15 is 0 Å². The van der Waals surface area contributed by atoms with Crippen LogP contribution in [0.25, 0.3) is 0 Å². The van der Waals surface area contributed by atoms with Crippen LogP contribution in [0.2, 0.25) is 0 Å². The minimum atomic E-state index is -0.514. The van der Waals surface area contributed by atoms with E-state index in [4.69, 9.17) is 4.74 Å². The van der Waals surface area contributed by atoms with Gasteiger partial charge in [0.25, 0.3) is 0 Å². The molecule has 0 aliphatic carbocycles. The highest BCUT2D eigenvalue weighted by atomic mass is 16.5. The van der Waals surface area contributed by atoms with E-state index in [-0.39, 0.29) is 5.97 Å². The molecule has 18 heavy (non-hydrogen) atoms. The highest BCUT2D eigenvalue weighted by molar-refractivity contribution is 5.89. The predicted molar refractivity (Wildman–Crippen MR) is 68.3 cm³/mol. The average molecular weight is 249 g/mol. The summed E-state index contributed by atoms with van der Waals surface area (Å²) in [5.74, 6) is -0.314. The topological polar surface area (TPSA) is 49.8 Å². The van der Waals surface area contributed by atoms with Crippen LogP contribution in [0.4, 0.5) is 0 Å². The third kappa shape index (κ3) is 2.71. The number of benzene rings is 1. The van der Waals surface area contributed by atoms with Crippen molar-refractivity contribution in [2.75, 3.05) is 20.2 Å². The van der Waals surface area contributed by atoms with Gasteiger partial charge >= 0.3 is 5.97 Å². The molecule has 1 N–H and O–H groups in total. The summed E-state index contributed by atoms with van der Waals surface area (Å²) in [6, 6.07) is 7.42. The maximum Gasteiger partial charge on any atom is 0.337 e. The van der Waals surface area contributed by atoms with Gasteiger partial charge in [0.15, 0.2) is 0 Å². The first-order valence-corrected chi connectivity index (χ1v) is 6.18. The minimum absolute atomic E-state index is 0.314. The molecule has 4 nitrogen and oxygen atoms in total. The number of rotatable bonds is 4. The lowest BCUT2D eigenvalue weighted by Gasteiger charge is -2.46. The van der Waals surface area contributed by atoms with E-state index in [1.165, 1.54) is 7.11 Å². The Morgan fingerprint density at radius 1 is 1.50 bits per heavy atom. The second-order valence-corrected chi connectivity index (χ2v) is 4.92. The van der Waals surface area contributed by atoms with Gasteiger partial charge in [-0.15, -0.1) is 0 Å². The fourth-order valence-electron chi connectivity index (χ4n) is 2.29. The van der Waals surface area contributed by atoms with Gasteiger partial charge in [0.05, 0.1) is 18.3 Å². The molecule has 1 aromatic rings. The van der Waals surface area contributed by atoms with E-state index in [2.05, 4.69) is 4.90 Å². The van der Waals surface area contributed by atoms with E-state index in [1.807, 2.05) is 25.1 Å². The first kappa shape index (κ1) is 13.1. The van der Waals surface area contributed by atoms with Crippen molar-refractivity contribution in [2.24, 2.45) is 0 Å². The summed E-state index contributed by atoms with van der Waals surface area (Å²) in [6.45, 7) is 4.15. The van der Waals surface area contributed by atoms with Crippen molar-refractivity contribution in [3.05, 3.63) is 35.4 Å². The van der Waals surface area contributed by atoms with Gasteiger partial charge in [0.2, 0.25) is 0 Å². The number of methoxy groups -OCH3 is 1. The summed E-state index contributed by atoms with van der Waals surface area (Å²) in [4.78, 5) is 13.6. The lowest BCUT2D eigenvalue weighted by atomic mass is 9.91. The van der Waals surface area contributed by atoms with Gasteiger partial charge in [-0.3, -0.25) is 4.90 Å². The summed E-state index contributed by atoms with van der Waals surface area (Å²) in [5.41, 5.74) is 1.12. The molecule has 1 aliphatic rings. The van der Waals surface area contributed by atoms with Gasteiger partial charge < -0.3 is 9.84 Å². The van der Waals surface area contributed by atoms with Gasteiger partial charge in [-0.25, -0.2) is 4.79 Å². The fourth-order valence-corrected chi connectivity index (χ4v) is 2.29. The Hall–Kier alpha value is -1.39. The fraction of sp³-hybridized carbons (Fsp3) is 0.500. The van der Waals surface area contributed by atoms with Crippen molar-refractivity contribution in [1.29, 1.82) is 0 Å². The van der Waals surface area contributed by atoms with Crippen molar-refractivity contribution in [2.45, 2.75) is 25.5 Å². The number of esters is 1. The number of hydrogen-bond donors (Lipinski definition) is 1. The number of hydrogen-bond acceptors (Lipinski definition) is 4. The SMILES string of the molecule is CCC1(O)CN(Cc2cccc(C(=O)OC)c2)C1. The molecule has 2 rings (SSSR count). The van der Waals surface area contributed by atoms with Gasteiger partial charge in [-0.05, 0) is 24.1 Å². The Morgan fingerprint density at radius 2 is 2.22 bits per heavy atom. The van der Waals surface area contributed by atoms with Crippen LogP contribution in [-0.2, 0) is 11.3 Å². The average Bonchev–Trinajstić information content (AvgIpc) is 2.36. The highest BCUT2D eigenvalue weighted by Crippen LogP contribution is 2.25. The van der Waals surface area contributed by atoms with Gasteiger partial charge in [-0.2, -0.15) is 0 Å². The van der Waals surface area contributed by atoms with Gasteiger partial charge in [0, 0.05) is 19.6 Å². The van der Waals surface area contributed by atoms with Gasteiger partial charge in [0.1, 0.15) is 0 Å². The third-order valence-electron chi connectivity index (χ3n) is 3.45. The predicted octanol–water partition coefficient (Wildman–Crippen LogP) is 1.43. The molecule has 1 saturated heterocycles. The van der Waals surface area contributed by atoms with E-state index in [0.29, 0.717) is 18.7 Å². The molecule has 0 unspecified atom stereocenters. The number of carbonyl (C=O) groups excluding carboxylic acids is 1. The number of carbonyl (C=O) groups is 1. The van der Waals surface area contributed by atoms with Gasteiger partial charge in [-0.1, -0.05) is 19.1 Å². The molecule has 0 atom stereocenters. The molecular formula is C14H19NO3. The van der Waals surface area contributed by atoms with Crippen LogP contribution in [0.15, 0.2) is 24.3 Å². The Bertz CT molecular complexity index is 438. The molecule has 0 spiro atoms. The number of aliphatic hydroxyl groups is 1. The number of ether oxygens (including phenoxy) is 1. The number of β-amino-alcohol motifs (C(OH)–C–C–N with tert-alkyl or cyclic N) is 1. The smallest absolute Gasteiger partial charge is 0.337 e. The summed E-state index contributed by atoms with van der Waals surface area (Å²) < 4.78 is 4.69. The minimum Gasteiger partial charge on any atom is -0.465 e. The summed E-state index contributed by atoms with van der Waals surface area (Å²) >= 11 is 0. The van der Waals surface area contributed by atoms with E-state index in [1.54, 1.807) is 6.07 Å². The zero-order chi connectivity index (χ0) is 13.2. The molecule has 1 aliphatic heterocycles. The van der Waals surface area contributed by atoms with Crippen LogP contribution < -0.4 is 0 Å². The van der Waals surface area contributed by atoms with Crippen LogP contribution in [0.1, 0.15) is 29.3 Å². The molecule has 1 aromatic carbocycles. The third-order valence-corrected chi connectivity index (χ3v) is 3.45. The molecule has 98 valence electrons. The Labute approximate surface area is 107 Å². The van der Waals surface area contributed by atoms with Crippen LogP contribution in [0, 0.1) is 0 Å². The Kier molecular flexibility index (Phi) is 3.68. The number of likely N-dealkylation sites (tertiary alicyclic amines) is 1. The monoisotopic (exact) mass is 249 g/mol. The lowest BCUT2D eigenvalue weighted by molar-refractivity contribution is -0.103. The molecule has 0 saturated carbocycles. The van der Waals surface area contributed by atoms with Crippen LogP contribution >= 0.6 is 0 Å². The Morgan fingerprint density at radius 3 is 2.83 bits per heavy atom. The second kappa shape index (κ2) is 5.08. The second-order valence-electron chi connectivity index (χ2n) is 4.92. The van der Waals surface area contributed by atoms with Crippen LogP contribution in [-0.4, -0.2) is 41.8 Å². The summed E-state index contributed by atoms with van der Waals surface area (Å²) in [5, 5.41) is 9.93. The lowest BCUT2D eigenvalue weighted by Crippen LogP contribution is -2.60. The van der Waals surface area contributed by atoms with Crippen molar-refractivity contribution in [1.82, 2.24) is 4.90 Å². The summed E-state index contributed by atoms with van der Waals surface area (Å²) in [6.07, 6.45) is 0.783. The standard InChI is InChI=1S/C14H19NO3/c1-3-14(17)9-15(10-14)8-11-5-4-6-12(7-11)13(16)18-2/h4-7,17H,3,8-10H2,1-2H3. The number of nitrogens with zero attached hydrogens (tertiary/aromatic N) is 1. The van der Waals surface area contributed by atoms with Crippen molar-refractivity contribution in [3.63, 3.8) is 0 Å². The normalized spacial score (nSPS) is 18.2. The molecule has 1 heterocycles. The first-order chi connectivity index (χ1) is 8.56. The maximum absolute atomic E-state index is 11.4. The van der Waals surface area contributed by atoms with Crippen molar-refractivity contribution < 1.29 is 14.6 Å². The van der Waals surface area contributed by atoms with E-state index in [9.17, 15) is 9.90 Å². The van der Waals surface area contributed by atoms with E-state index < -0.39 is 5.60 Å². The molecule has 0 aromatic heterocycles. The van der Waals surface area contributed by atoms with Crippen LogP contribution in [0.3, 0.4) is 0 Å². The van der Waals surface area contributed by atoms with E-state index in [0.717, 1.165) is 18.5 Å². The molecule has 4 heteroatoms. The molecular weight excluding hydrogens is 230 g/mol. The maximum atomic E-state index is 11.4. The quantitative estimate of drug-likeness (QED) is 0.820. The molecule has 0 radical (unpaired) electrons. The van der Waals surface area contributed by atoms with Crippen molar-refractivity contribution >= 4 is 5.97 Å². The van der Waals surface area contributed by atoms with Crippen molar-refractivity contribution in [3.8, 4) is 0 Å². The highest BCUT2D eigenvalue weighted by Gasteiger charge is 2.38. The summed E-state index contributed by atoms with van der Waals surface area (Å²) in [7, 11) is 1.38. The van der Waals surface area contributed by atoms with Crippen LogP contribution in [0.5, 0.6) is 0 Å². The molecule has 1 fully saturated rings.